The summed E-state index contributed by atoms with van der Waals surface area (Å²) in [5.41, 5.74) is 2.13. The standard InChI is InChI=1S/C20H23NO5/c1-13-8-9-15(11-18(13)26-3)19(22)21-12-16(20(23)24)10-14-6-4-5-7-17(14)25-2/h4-9,11,16H,10,12H2,1-3H3,(H,21,22)(H,23,24). The fourth-order valence-electron chi connectivity index (χ4n) is 2.66. The molecule has 6 nitrogen and oxygen atoms in total. The van der Waals surface area contributed by atoms with Gasteiger partial charge in [0.15, 0.2) is 0 Å². The van der Waals surface area contributed by atoms with Gasteiger partial charge < -0.3 is 19.9 Å². The summed E-state index contributed by atoms with van der Waals surface area (Å²) in [5.74, 6) is -0.829. The van der Waals surface area contributed by atoms with Crippen LogP contribution in [0.1, 0.15) is 21.5 Å². The Bertz CT molecular complexity index is 788. The Morgan fingerprint density at radius 2 is 1.77 bits per heavy atom. The van der Waals surface area contributed by atoms with Crippen LogP contribution in [0.25, 0.3) is 0 Å². The molecule has 0 aliphatic rings. The number of nitrogens with one attached hydrogen (secondary N) is 1. The molecular formula is C20H23NO5. The highest BCUT2D eigenvalue weighted by Gasteiger charge is 2.21. The lowest BCUT2D eigenvalue weighted by Crippen LogP contribution is -2.34. The fourth-order valence-corrected chi connectivity index (χ4v) is 2.66. The quantitative estimate of drug-likeness (QED) is 0.759. The van der Waals surface area contributed by atoms with Gasteiger partial charge >= 0.3 is 5.97 Å². The minimum absolute atomic E-state index is 0.0163. The van der Waals surface area contributed by atoms with E-state index in [2.05, 4.69) is 5.32 Å². The van der Waals surface area contributed by atoms with Gasteiger partial charge in [-0.05, 0) is 42.7 Å². The maximum absolute atomic E-state index is 12.3. The number of carboxylic acids is 1. The number of amides is 1. The zero-order chi connectivity index (χ0) is 19.1. The molecule has 6 heteroatoms. The zero-order valence-electron chi connectivity index (χ0n) is 15.1. The smallest absolute Gasteiger partial charge is 0.308 e. The van der Waals surface area contributed by atoms with Crippen LogP contribution >= 0.6 is 0 Å². The van der Waals surface area contributed by atoms with E-state index < -0.39 is 11.9 Å². The highest BCUT2D eigenvalue weighted by molar-refractivity contribution is 5.95. The Morgan fingerprint density at radius 1 is 1.08 bits per heavy atom. The second kappa shape index (κ2) is 8.89. The molecule has 0 aliphatic heterocycles. The van der Waals surface area contributed by atoms with Crippen LogP contribution in [-0.2, 0) is 11.2 Å². The van der Waals surface area contributed by atoms with Gasteiger partial charge in [0.25, 0.3) is 5.91 Å². The first-order chi connectivity index (χ1) is 12.5. The molecule has 0 radical (unpaired) electrons. The Kier molecular flexibility index (Phi) is 6.60. The minimum Gasteiger partial charge on any atom is -0.496 e. The van der Waals surface area contributed by atoms with E-state index in [0.717, 1.165) is 11.1 Å². The van der Waals surface area contributed by atoms with Crippen LogP contribution < -0.4 is 14.8 Å². The second-order valence-electron chi connectivity index (χ2n) is 5.95. The minimum atomic E-state index is -0.974. The topological polar surface area (TPSA) is 84.9 Å². The third-order valence-electron chi connectivity index (χ3n) is 4.19. The third-order valence-corrected chi connectivity index (χ3v) is 4.19. The number of aliphatic carboxylic acids is 1. The molecule has 0 spiro atoms. The van der Waals surface area contributed by atoms with E-state index in [-0.39, 0.29) is 18.9 Å². The van der Waals surface area contributed by atoms with E-state index in [4.69, 9.17) is 9.47 Å². The lowest BCUT2D eigenvalue weighted by Gasteiger charge is -2.16. The molecule has 0 fully saturated rings. The van der Waals surface area contributed by atoms with Crippen molar-refractivity contribution in [2.75, 3.05) is 20.8 Å². The average Bonchev–Trinajstić information content (AvgIpc) is 2.65. The Balaban J connectivity index is 2.06. The van der Waals surface area contributed by atoms with Crippen LogP contribution in [-0.4, -0.2) is 37.7 Å². The number of aryl methyl sites for hydroxylation is 1. The van der Waals surface area contributed by atoms with Crippen LogP contribution in [0.3, 0.4) is 0 Å². The van der Waals surface area contributed by atoms with E-state index in [1.54, 1.807) is 31.4 Å². The number of carbonyl (C=O) groups is 2. The number of benzene rings is 2. The van der Waals surface area contributed by atoms with Gasteiger partial charge in [0.05, 0.1) is 20.1 Å². The SMILES string of the molecule is COc1cc(C(=O)NCC(Cc2ccccc2OC)C(=O)O)ccc1C. The monoisotopic (exact) mass is 357 g/mol. The number of carboxylic acid groups (broad SMARTS) is 1. The van der Waals surface area contributed by atoms with E-state index in [1.165, 1.54) is 7.11 Å². The molecule has 1 unspecified atom stereocenters. The van der Waals surface area contributed by atoms with E-state index in [0.29, 0.717) is 17.1 Å². The van der Waals surface area contributed by atoms with Crippen LogP contribution in [0.15, 0.2) is 42.5 Å². The van der Waals surface area contributed by atoms with E-state index in [1.807, 2.05) is 25.1 Å². The zero-order valence-corrected chi connectivity index (χ0v) is 15.1. The first kappa shape index (κ1) is 19.3. The molecule has 0 aliphatic carbocycles. The van der Waals surface area contributed by atoms with Crippen molar-refractivity contribution >= 4 is 11.9 Å². The summed E-state index contributed by atoms with van der Waals surface area (Å²) in [6, 6.07) is 12.4. The normalized spacial score (nSPS) is 11.5. The molecule has 0 bridgehead atoms. The molecule has 1 atom stereocenters. The lowest BCUT2D eigenvalue weighted by atomic mass is 9.98. The van der Waals surface area contributed by atoms with Crippen LogP contribution in [0, 0.1) is 12.8 Å². The predicted molar refractivity (Wildman–Crippen MR) is 97.9 cm³/mol. The number of para-hydroxylation sites is 1. The number of rotatable bonds is 8. The summed E-state index contributed by atoms with van der Waals surface area (Å²) in [5, 5.41) is 12.2. The Hall–Kier alpha value is -3.02. The molecule has 1 amide bonds. The molecule has 0 heterocycles. The summed E-state index contributed by atoms with van der Waals surface area (Å²) in [7, 11) is 3.08. The van der Waals surface area contributed by atoms with Crippen molar-refractivity contribution in [1.29, 1.82) is 0 Å². The Morgan fingerprint density at radius 3 is 2.42 bits per heavy atom. The molecular weight excluding hydrogens is 334 g/mol. The van der Waals surface area contributed by atoms with Gasteiger partial charge in [-0.15, -0.1) is 0 Å². The molecule has 2 rings (SSSR count). The van der Waals surface area contributed by atoms with Gasteiger partial charge in [0, 0.05) is 12.1 Å². The van der Waals surface area contributed by atoms with Gasteiger partial charge in [-0.25, -0.2) is 0 Å². The second-order valence-corrected chi connectivity index (χ2v) is 5.95. The van der Waals surface area contributed by atoms with Crippen molar-refractivity contribution in [2.24, 2.45) is 5.92 Å². The van der Waals surface area contributed by atoms with Crippen LogP contribution in [0.4, 0.5) is 0 Å². The van der Waals surface area contributed by atoms with Crippen molar-refractivity contribution in [3.63, 3.8) is 0 Å². The molecule has 2 N–H and O–H groups in total. The summed E-state index contributed by atoms with van der Waals surface area (Å²) in [4.78, 5) is 23.9. The molecule has 2 aromatic rings. The van der Waals surface area contributed by atoms with E-state index >= 15 is 0 Å². The molecule has 0 saturated carbocycles. The van der Waals surface area contributed by atoms with Gasteiger partial charge in [-0.2, -0.15) is 0 Å². The van der Waals surface area contributed by atoms with E-state index in [9.17, 15) is 14.7 Å². The number of hydrogen-bond donors (Lipinski definition) is 2. The van der Waals surface area contributed by atoms with Crippen LogP contribution in [0.2, 0.25) is 0 Å². The van der Waals surface area contributed by atoms with Crippen molar-refractivity contribution in [3.05, 3.63) is 59.2 Å². The first-order valence-electron chi connectivity index (χ1n) is 8.23. The molecule has 0 aromatic heterocycles. The molecule has 26 heavy (non-hydrogen) atoms. The van der Waals surface area contributed by atoms with Gasteiger partial charge in [0.2, 0.25) is 0 Å². The molecule has 138 valence electrons. The van der Waals surface area contributed by atoms with Crippen molar-refractivity contribution < 1.29 is 24.2 Å². The summed E-state index contributed by atoms with van der Waals surface area (Å²) < 4.78 is 10.5. The van der Waals surface area contributed by atoms with Crippen molar-refractivity contribution in [2.45, 2.75) is 13.3 Å². The molecule has 2 aromatic carbocycles. The number of ether oxygens (including phenoxy) is 2. The van der Waals surface area contributed by atoms with Crippen molar-refractivity contribution in [1.82, 2.24) is 5.32 Å². The van der Waals surface area contributed by atoms with Crippen molar-refractivity contribution in [3.8, 4) is 11.5 Å². The maximum Gasteiger partial charge on any atom is 0.308 e. The van der Waals surface area contributed by atoms with Gasteiger partial charge in [0.1, 0.15) is 11.5 Å². The summed E-state index contributed by atoms with van der Waals surface area (Å²) in [6.07, 6.45) is 0.261. The number of hydrogen-bond acceptors (Lipinski definition) is 4. The van der Waals surface area contributed by atoms with Gasteiger partial charge in [-0.3, -0.25) is 9.59 Å². The molecule has 0 saturated heterocycles. The third kappa shape index (κ3) is 4.75. The largest absolute Gasteiger partial charge is 0.496 e. The first-order valence-corrected chi connectivity index (χ1v) is 8.23. The number of carbonyl (C=O) groups excluding carboxylic acids is 1. The van der Waals surface area contributed by atoms with Crippen LogP contribution in [0.5, 0.6) is 11.5 Å². The van der Waals surface area contributed by atoms with Gasteiger partial charge in [-0.1, -0.05) is 24.3 Å². The summed E-state index contributed by atoms with van der Waals surface area (Å²) >= 11 is 0. The number of methoxy groups -OCH3 is 2. The highest BCUT2D eigenvalue weighted by Crippen LogP contribution is 2.21. The average molecular weight is 357 g/mol. The highest BCUT2D eigenvalue weighted by atomic mass is 16.5. The maximum atomic E-state index is 12.3. The Labute approximate surface area is 152 Å². The lowest BCUT2D eigenvalue weighted by molar-refractivity contribution is -0.141. The summed E-state index contributed by atoms with van der Waals surface area (Å²) in [6.45, 7) is 1.90. The predicted octanol–water partition coefficient (Wildman–Crippen LogP) is 2.69. The fraction of sp³-hybridized carbons (Fsp3) is 0.300.